The number of rotatable bonds is 2. The normalized spacial score (nSPS) is 17.0. The minimum absolute atomic E-state index is 0.0526. The molecule has 1 unspecified atom stereocenters. The highest BCUT2D eigenvalue weighted by Gasteiger charge is 2.22. The van der Waals surface area contributed by atoms with Gasteiger partial charge in [0.2, 0.25) is 0 Å². The lowest BCUT2D eigenvalue weighted by atomic mass is 10.0. The van der Waals surface area contributed by atoms with Gasteiger partial charge in [-0.05, 0) is 31.0 Å². The molecule has 1 aromatic carbocycles. The van der Waals surface area contributed by atoms with E-state index in [0.717, 1.165) is 35.4 Å². The quantitative estimate of drug-likeness (QED) is 0.740. The molecule has 7 heteroatoms. The highest BCUT2D eigenvalue weighted by atomic mass is 35.5. The Kier molecular flexibility index (Phi) is 3.82. The number of pyridine rings is 1. The summed E-state index contributed by atoms with van der Waals surface area (Å²) in [4.78, 5) is 12.8. The van der Waals surface area contributed by atoms with Crippen molar-refractivity contribution in [3.63, 3.8) is 0 Å². The molecule has 0 aliphatic carbocycles. The lowest BCUT2D eigenvalue weighted by molar-refractivity contribution is 0.316. The van der Waals surface area contributed by atoms with Crippen molar-refractivity contribution in [3.8, 4) is 5.75 Å². The molecule has 1 aliphatic rings. The van der Waals surface area contributed by atoms with Gasteiger partial charge in [-0.3, -0.25) is 0 Å². The zero-order chi connectivity index (χ0) is 16.5. The molecule has 3 aromatic rings. The number of aromatic nitrogens is 3. The van der Waals surface area contributed by atoms with Gasteiger partial charge in [-0.2, -0.15) is 0 Å². The van der Waals surface area contributed by atoms with Crippen LogP contribution in [0.2, 0.25) is 5.02 Å². The molecule has 3 N–H and O–H groups in total. The third kappa shape index (κ3) is 2.69. The van der Waals surface area contributed by atoms with Gasteiger partial charge in [0.15, 0.2) is 5.65 Å². The van der Waals surface area contributed by atoms with Crippen molar-refractivity contribution in [2.75, 3.05) is 17.7 Å². The van der Waals surface area contributed by atoms with Crippen molar-refractivity contribution in [1.82, 2.24) is 15.0 Å². The number of nitrogens with one attached hydrogen (secondary N) is 1. The minimum atomic E-state index is 0.0526. The molecule has 0 radical (unpaired) electrons. The van der Waals surface area contributed by atoms with Crippen LogP contribution < -0.4 is 15.8 Å². The second-order valence-electron chi connectivity index (χ2n) is 5.68. The van der Waals surface area contributed by atoms with Crippen LogP contribution in [0.25, 0.3) is 11.0 Å². The van der Waals surface area contributed by atoms with Crippen LogP contribution >= 0.6 is 11.6 Å². The fraction of sp³-hybridized carbons (Fsp3) is 0.235. The second kappa shape index (κ2) is 6.13. The zero-order valence-electron chi connectivity index (χ0n) is 12.9. The number of anilines is 2. The molecule has 2 aromatic heterocycles. The number of hydrogen-bond donors (Lipinski definition) is 2. The van der Waals surface area contributed by atoms with Gasteiger partial charge in [0.25, 0.3) is 0 Å². The Morgan fingerprint density at radius 3 is 3.04 bits per heavy atom. The third-order valence-electron chi connectivity index (χ3n) is 4.09. The number of halogens is 1. The second-order valence-corrected chi connectivity index (χ2v) is 6.08. The summed E-state index contributed by atoms with van der Waals surface area (Å²) in [5, 5.41) is 4.96. The maximum absolute atomic E-state index is 6.29. The first-order chi connectivity index (χ1) is 11.7. The monoisotopic (exact) mass is 341 g/mol. The van der Waals surface area contributed by atoms with E-state index in [4.69, 9.17) is 22.1 Å². The highest BCUT2D eigenvalue weighted by Crippen LogP contribution is 2.38. The van der Waals surface area contributed by atoms with Crippen molar-refractivity contribution < 1.29 is 4.74 Å². The molecule has 0 saturated carbocycles. The van der Waals surface area contributed by atoms with Gasteiger partial charge in [-0.25, -0.2) is 15.0 Å². The van der Waals surface area contributed by atoms with Crippen LogP contribution in [0.15, 0.2) is 36.7 Å². The molecule has 0 saturated heterocycles. The summed E-state index contributed by atoms with van der Waals surface area (Å²) in [7, 11) is 0. The van der Waals surface area contributed by atoms with E-state index in [1.165, 1.54) is 6.33 Å². The summed E-state index contributed by atoms with van der Waals surface area (Å²) < 4.78 is 5.82. The molecular formula is C17H16ClN5O. The van der Waals surface area contributed by atoms with Gasteiger partial charge in [-0.1, -0.05) is 23.7 Å². The van der Waals surface area contributed by atoms with Crippen LogP contribution in [0, 0.1) is 0 Å². The molecule has 0 spiro atoms. The standard InChI is InChI=1S/C17H16ClN5O/c18-12-4-1-3-10-13(5-2-8-24-15(10)12)22-16-11-6-7-14(19)23-17(11)21-9-20-16/h1,3-4,6-7,9,13H,2,5,8H2,(H3,19,20,21,22,23). The van der Waals surface area contributed by atoms with E-state index in [0.29, 0.717) is 23.1 Å². The molecule has 1 atom stereocenters. The van der Waals surface area contributed by atoms with E-state index in [1.54, 1.807) is 6.07 Å². The van der Waals surface area contributed by atoms with Gasteiger partial charge >= 0.3 is 0 Å². The number of nitrogen functional groups attached to an aromatic ring is 1. The molecule has 0 amide bonds. The van der Waals surface area contributed by atoms with Crippen molar-refractivity contribution >= 4 is 34.3 Å². The summed E-state index contributed by atoms with van der Waals surface area (Å²) in [5.41, 5.74) is 7.35. The summed E-state index contributed by atoms with van der Waals surface area (Å²) >= 11 is 6.29. The first-order valence-electron chi connectivity index (χ1n) is 7.77. The Hall–Kier alpha value is -2.60. The number of ether oxygens (including phenoxy) is 1. The molecule has 1 aliphatic heterocycles. The average molecular weight is 342 g/mol. The van der Waals surface area contributed by atoms with E-state index in [9.17, 15) is 0 Å². The first-order valence-corrected chi connectivity index (χ1v) is 8.15. The van der Waals surface area contributed by atoms with Crippen LogP contribution in [0.4, 0.5) is 11.6 Å². The smallest absolute Gasteiger partial charge is 0.166 e. The van der Waals surface area contributed by atoms with Crippen LogP contribution in [0.1, 0.15) is 24.4 Å². The van der Waals surface area contributed by atoms with E-state index in [2.05, 4.69) is 20.3 Å². The topological polar surface area (TPSA) is 86.0 Å². The fourth-order valence-electron chi connectivity index (χ4n) is 2.96. The minimum Gasteiger partial charge on any atom is -0.492 e. The van der Waals surface area contributed by atoms with Crippen LogP contribution in [0.3, 0.4) is 0 Å². The summed E-state index contributed by atoms with van der Waals surface area (Å²) in [5.74, 6) is 1.91. The molecular weight excluding hydrogens is 326 g/mol. The predicted octanol–water partition coefficient (Wildman–Crippen LogP) is 3.59. The molecule has 0 bridgehead atoms. The van der Waals surface area contributed by atoms with Gasteiger partial charge in [-0.15, -0.1) is 0 Å². The number of hydrogen-bond acceptors (Lipinski definition) is 6. The molecule has 6 nitrogen and oxygen atoms in total. The number of para-hydroxylation sites is 1. The number of nitrogens with zero attached hydrogens (tertiary/aromatic N) is 3. The lowest BCUT2D eigenvalue weighted by Gasteiger charge is -2.20. The van der Waals surface area contributed by atoms with Crippen molar-refractivity contribution in [3.05, 3.63) is 47.2 Å². The third-order valence-corrected chi connectivity index (χ3v) is 4.38. The summed E-state index contributed by atoms with van der Waals surface area (Å²) in [6.07, 6.45) is 3.33. The van der Waals surface area contributed by atoms with Gasteiger partial charge in [0.05, 0.1) is 23.1 Å². The Morgan fingerprint density at radius 1 is 1.21 bits per heavy atom. The average Bonchev–Trinajstić information content (AvgIpc) is 2.78. The molecule has 122 valence electrons. The van der Waals surface area contributed by atoms with E-state index >= 15 is 0 Å². The predicted molar refractivity (Wildman–Crippen MR) is 94.3 cm³/mol. The largest absolute Gasteiger partial charge is 0.492 e. The van der Waals surface area contributed by atoms with E-state index < -0.39 is 0 Å². The van der Waals surface area contributed by atoms with Gasteiger partial charge < -0.3 is 15.8 Å². The van der Waals surface area contributed by atoms with Crippen LogP contribution in [0.5, 0.6) is 5.75 Å². The molecule has 4 rings (SSSR count). The molecule has 24 heavy (non-hydrogen) atoms. The zero-order valence-corrected chi connectivity index (χ0v) is 13.6. The van der Waals surface area contributed by atoms with Crippen molar-refractivity contribution in [2.24, 2.45) is 0 Å². The van der Waals surface area contributed by atoms with Crippen molar-refractivity contribution in [2.45, 2.75) is 18.9 Å². The van der Waals surface area contributed by atoms with E-state index in [-0.39, 0.29) is 6.04 Å². The number of nitrogens with two attached hydrogens (primary N) is 1. The number of benzene rings is 1. The maximum Gasteiger partial charge on any atom is 0.166 e. The number of fused-ring (bicyclic) bond motifs is 2. The van der Waals surface area contributed by atoms with Crippen LogP contribution in [-0.4, -0.2) is 21.6 Å². The Labute approximate surface area is 144 Å². The summed E-state index contributed by atoms with van der Waals surface area (Å²) in [6, 6.07) is 9.49. The van der Waals surface area contributed by atoms with Crippen molar-refractivity contribution in [1.29, 1.82) is 0 Å². The first kappa shape index (κ1) is 15.0. The highest BCUT2D eigenvalue weighted by molar-refractivity contribution is 6.32. The van der Waals surface area contributed by atoms with Crippen LogP contribution in [-0.2, 0) is 0 Å². The lowest BCUT2D eigenvalue weighted by Crippen LogP contribution is -2.12. The Morgan fingerprint density at radius 2 is 2.12 bits per heavy atom. The van der Waals surface area contributed by atoms with Gasteiger partial charge in [0.1, 0.15) is 23.7 Å². The molecule has 0 fully saturated rings. The molecule has 3 heterocycles. The Balaban J connectivity index is 1.75. The van der Waals surface area contributed by atoms with E-state index in [1.807, 2.05) is 24.3 Å². The van der Waals surface area contributed by atoms with Gasteiger partial charge in [0, 0.05) is 5.56 Å². The maximum atomic E-state index is 6.29. The SMILES string of the molecule is Nc1ccc2c(NC3CCCOc4c(Cl)cccc43)ncnc2n1. The Bertz CT molecular complexity index is 901. The fourth-order valence-corrected chi connectivity index (χ4v) is 3.19. The summed E-state index contributed by atoms with van der Waals surface area (Å²) in [6.45, 7) is 0.650.